The van der Waals surface area contributed by atoms with Gasteiger partial charge >= 0.3 is 6.18 Å². The lowest BCUT2D eigenvalue weighted by atomic mass is 10.0. The van der Waals surface area contributed by atoms with Gasteiger partial charge in [0.2, 0.25) is 0 Å². The van der Waals surface area contributed by atoms with Gasteiger partial charge in [-0.15, -0.1) is 0 Å². The predicted molar refractivity (Wildman–Crippen MR) is 83.2 cm³/mol. The Labute approximate surface area is 149 Å². The Morgan fingerprint density at radius 3 is 2.30 bits per heavy atom. The maximum Gasteiger partial charge on any atom is 0.423 e. The van der Waals surface area contributed by atoms with Gasteiger partial charge in [0.25, 0.3) is 23.4 Å². The molecule has 3 amide bonds. The summed E-state index contributed by atoms with van der Waals surface area (Å²) in [5, 5.41) is 22.9. The number of rotatable bonds is 5. The number of imide groups is 1. The molecule has 0 saturated heterocycles. The molecular weight excluding hydrogens is 375 g/mol. The van der Waals surface area contributed by atoms with Crippen LogP contribution in [0.4, 0.5) is 24.5 Å². The van der Waals surface area contributed by atoms with E-state index in [1.165, 1.54) is 0 Å². The van der Waals surface area contributed by atoms with E-state index in [0.717, 1.165) is 25.1 Å². The van der Waals surface area contributed by atoms with Crippen molar-refractivity contribution >= 4 is 29.1 Å². The van der Waals surface area contributed by atoms with Crippen LogP contribution in [0, 0.1) is 10.1 Å². The number of hydrogen-bond acceptors (Lipinski definition) is 6. The summed E-state index contributed by atoms with van der Waals surface area (Å²) in [5.74, 6) is -2.73. The van der Waals surface area contributed by atoms with Gasteiger partial charge in [0, 0.05) is 23.9 Å². The third-order valence-electron chi connectivity index (χ3n) is 3.61. The number of anilines is 1. The van der Waals surface area contributed by atoms with Crippen LogP contribution in [0.25, 0.3) is 0 Å². The van der Waals surface area contributed by atoms with E-state index in [-0.39, 0.29) is 0 Å². The minimum absolute atomic E-state index is 0.347. The molecule has 27 heavy (non-hydrogen) atoms. The zero-order chi connectivity index (χ0) is 20.6. The second kappa shape index (κ2) is 6.79. The zero-order valence-electron chi connectivity index (χ0n) is 13.6. The first-order valence-electron chi connectivity index (χ1n) is 7.26. The summed E-state index contributed by atoms with van der Waals surface area (Å²) in [7, 11) is 0. The molecule has 2 rings (SSSR count). The molecule has 0 fully saturated rings. The summed E-state index contributed by atoms with van der Waals surface area (Å²) in [6.07, 6.45) is -3.18. The van der Waals surface area contributed by atoms with Crippen LogP contribution in [0.3, 0.4) is 0 Å². The summed E-state index contributed by atoms with van der Waals surface area (Å²) < 4.78 is 38.9. The zero-order valence-corrected chi connectivity index (χ0v) is 13.6. The molecule has 0 aliphatic carbocycles. The number of amides is 3. The van der Waals surface area contributed by atoms with E-state index >= 15 is 0 Å². The highest BCUT2D eigenvalue weighted by molar-refractivity contribution is 6.13. The fourth-order valence-corrected chi connectivity index (χ4v) is 2.23. The minimum atomic E-state index is -5.05. The van der Waals surface area contributed by atoms with Crippen molar-refractivity contribution in [2.45, 2.75) is 18.7 Å². The van der Waals surface area contributed by atoms with Crippen LogP contribution in [-0.2, 0) is 20.6 Å². The van der Waals surface area contributed by atoms with E-state index in [1.54, 1.807) is 0 Å². The topological polar surface area (TPSA) is 130 Å². The van der Waals surface area contributed by atoms with Crippen LogP contribution in [0.15, 0.2) is 30.4 Å². The molecule has 1 aliphatic rings. The van der Waals surface area contributed by atoms with Gasteiger partial charge in [-0.05, 0) is 19.1 Å². The molecule has 12 heteroatoms. The Bertz CT molecular complexity index is 845. The Morgan fingerprint density at radius 1 is 1.26 bits per heavy atom. The van der Waals surface area contributed by atoms with Gasteiger partial charge in [0.1, 0.15) is 5.56 Å². The first kappa shape index (κ1) is 20.0. The molecule has 1 aliphatic heterocycles. The van der Waals surface area contributed by atoms with Crippen LogP contribution in [-0.4, -0.2) is 44.8 Å². The molecule has 144 valence electrons. The summed E-state index contributed by atoms with van der Waals surface area (Å²) >= 11 is 0. The molecule has 2 N–H and O–H groups in total. The largest absolute Gasteiger partial charge is 0.423 e. The van der Waals surface area contributed by atoms with Crippen molar-refractivity contribution in [1.82, 2.24) is 4.90 Å². The van der Waals surface area contributed by atoms with Gasteiger partial charge in [-0.1, -0.05) is 0 Å². The second-order valence-electron chi connectivity index (χ2n) is 5.81. The number of carbonyl (C=O) groups is 3. The van der Waals surface area contributed by atoms with Crippen LogP contribution < -0.4 is 5.32 Å². The molecule has 0 aromatic heterocycles. The summed E-state index contributed by atoms with van der Waals surface area (Å²) in [6.45, 7) is 0.222. The Morgan fingerprint density at radius 2 is 1.81 bits per heavy atom. The van der Waals surface area contributed by atoms with Crippen LogP contribution in [0.5, 0.6) is 0 Å². The van der Waals surface area contributed by atoms with Crippen molar-refractivity contribution in [1.29, 1.82) is 0 Å². The Hall–Kier alpha value is -3.28. The highest BCUT2D eigenvalue weighted by Crippen LogP contribution is 2.37. The van der Waals surface area contributed by atoms with Crippen molar-refractivity contribution in [2.75, 3.05) is 11.9 Å². The fourth-order valence-electron chi connectivity index (χ4n) is 2.23. The molecular formula is C15H12F3N3O6. The van der Waals surface area contributed by atoms with E-state index in [9.17, 15) is 42.8 Å². The molecule has 9 nitrogen and oxygen atoms in total. The lowest BCUT2D eigenvalue weighted by Gasteiger charge is -2.26. The number of nitrogens with zero attached hydrogens (tertiary/aromatic N) is 2. The van der Waals surface area contributed by atoms with Crippen molar-refractivity contribution < 1.29 is 37.6 Å². The molecule has 0 saturated carbocycles. The average molecular weight is 387 g/mol. The van der Waals surface area contributed by atoms with Crippen LogP contribution in [0.1, 0.15) is 12.5 Å². The van der Waals surface area contributed by atoms with Gasteiger partial charge in [-0.25, -0.2) is 0 Å². The number of hydrogen-bond donors (Lipinski definition) is 2. The van der Waals surface area contributed by atoms with E-state index < -0.39 is 57.9 Å². The highest BCUT2D eigenvalue weighted by Gasteiger charge is 2.40. The van der Waals surface area contributed by atoms with Gasteiger partial charge in [-0.3, -0.25) is 29.4 Å². The molecule has 1 aromatic rings. The van der Waals surface area contributed by atoms with E-state index in [0.29, 0.717) is 17.0 Å². The van der Waals surface area contributed by atoms with Crippen LogP contribution >= 0.6 is 0 Å². The number of carbonyl (C=O) groups excluding carboxylic acids is 3. The van der Waals surface area contributed by atoms with Crippen molar-refractivity contribution in [3.63, 3.8) is 0 Å². The summed E-state index contributed by atoms with van der Waals surface area (Å²) in [5.41, 5.74) is -5.57. The molecule has 0 radical (unpaired) electrons. The number of β-amino-alcohol motifs (C(OH)–C–C–N with tert-alkyl or cyclic N) is 1. The lowest BCUT2D eigenvalue weighted by Crippen LogP contribution is -2.51. The van der Waals surface area contributed by atoms with Crippen molar-refractivity contribution in [3.8, 4) is 0 Å². The number of nitro benzene ring substituents is 1. The minimum Gasteiger partial charge on any atom is -0.378 e. The van der Waals surface area contributed by atoms with E-state index in [1.807, 2.05) is 5.32 Å². The van der Waals surface area contributed by atoms with Crippen LogP contribution in [0.2, 0.25) is 0 Å². The first-order chi connectivity index (χ1) is 12.3. The number of benzene rings is 1. The molecule has 1 aromatic carbocycles. The predicted octanol–water partition coefficient (Wildman–Crippen LogP) is 1.23. The van der Waals surface area contributed by atoms with Gasteiger partial charge in [0.15, 0.2) is 5.60 Å². The molecule has 0 spiro atoms. The maximum atomic E-state index is 13.0. The number of nitro groups is 1. The number of nitrogens with one attached hydrogen (secondary N) is 1. The van der Waals surface area contributed by atoms with Crippen molar-refractivity contribution in [2.24, 2.45) is 0 Å². The molecule has 0 bridgehead atoms. The third-order valence-corrected chi connectivity index (χ3v) is 3.61. The molecule has 0 unspecified atom stereocenters. The Kier molecular flexibility index (Phi) is 5.04. The normalized spacial score (nSPS) is 16.4. The average Bonchev–Trinajstić information content (AvgIpc) is 2.85. The third kappa shape index (κ3) is 4.28. The smallest absolute Gasteiger partial charge is 0.378 e. The number of aliphatic hydroxyl groups is 1. The summed E-state index contributed by atoms with van der Waals surface area (Å²) in [4.78, 5) is 45.2. The maximum absolute atomic E-state index is 13.0. The Balaban J connectivity index is 2.23. The molecule has 1 heterocycles. The first-order valence-corrected chi connectivity index (χ1v) is 7.26. The lowest BCUT2D eigenvalue weighted by molar-refractivity contribution is -0.388. The standard InChI is InChI=1S/C15H12F3N3O6/c1-14(25,7-20-11(22)4-5-12(20)23)13(24)19-8-2-3-10(21(26)27)9(6-8)15(16,17)18/h2-6,25H,7H2,1H3,(H,19,24)/t14-/m0/s1. The van der Waals surface area contributed by atoms with Gasteiger partial charge < -0.3 is 10.4 Å². The fraction of sp³-hybridized carbons (Fsp3) is 0.267. The molecule has 1 atom stereocenters. The quantitative estimate of drug-likeness (QED) is 0.444. The highest BCUT2D eigenvalue weighted by atomic mass is 19.4. The van der Waals surface area contributed by atoms with E-state index in [2.05, 4.69) is 0 Å². The number of alkyl halides is 3. The second-order valence-corrected chi connectivity index (χ2v) is 5.81. The van der Waals surface area contributed by atoms with Gasteiger partial charge in [0.05, 0.1) is 11.5 Å². The van der Waals surface area contributed by atoms with Crippen molar-refractivity contribution in [3.05, 3.63) is 46.0 Å². The number of halogens is 3. The SMILES string of the molecule is C[C@](O)(CN1C(=O)C=CC1=O)C(=O)Nc1ccc([N+](=O)[O-])c(C(F)(F)F)c1. The monoisotopic (exact) mass is 387 g/mol. The summed E-state index contributed by atoms with van der Waals surface area (Å²) in [6, 6.07) is 1.76. The van der Waals surface area contributed by atoms with E-state index in [4.69, 9.17) is 0 Å². The van der Waals surface area contributed by atoms with Gasteiger partial charge in [-0.2, -0.15) is 13.2 Å².